The Balaban J connectivity index is 1.16. The summed E-state index contributed by atoms with van der Waals surface area (Å²) in [5.41, 5.74) is 1.50. The molecule has 14 heteroatoms. The molecule has 0 spiro atoms. The lowest BCUT2D eigenvalue weighted by Gasteiger charge is -2.19. The number of amides is 2. The minimum Gasteiger partial charge on any atom is -0.444 e. The SMILES string of the molecule is O=C(CCC1C(=O)OCN1C(=O)OCc1ccccc1)OOC(=O)CCC1C(=O)OCN1C(=O)OCc1ccccc1. The normalized spacial score (nSPS) is 17.7. The van der Waals surface area contributed by atoms with Gasteiger partial charge in [-0.2, -0.15) is 0 Å². The molecule has 222 valence electrons. The zero-order valence-electron chi connectivity index (χ0n) is 22.4. The van der Waals surface area contributed by atoms with E-state index in [-0.39, 0.29) is 52.4 Å². The van der Waals surface area contributed by atoms with Crippen molar-refractivity contribution in [1.82, 2.24) is 9.80 Å². The van der Waals surface area contributed by atoms with Crippen LogP contribution in [0.4, 0.5) is 9.59 Å². The highest BCUT2D eigenvalue weighted by Gasteiger charge is 2.40. The Kier molecular flexibility index (Phi) is 10.3. The van der Waals surface area contributed by atoms with Gasteiger partial charge in [0.25, 0.3) is 0 Å². The van der Waals surface area contributed by atoms with Gasteiger partial charge in [-0.15, -0.1) is 0 Å². The van der Waals surface area contributed by atoms with Crippen LogP contribution in [0.1, 0.15) is 36.8 Å². The van der Waals surface area contributed by atoms with E-state index in [4.69, 9.17) is 18.9 Å². The maximum atomic E-state index is 12.4. The van der Waals surface area contributed by atoms with Crippen molar-refractivity contribution in [1.29, 1.82) is 0 Å². The van der Waals surface area contributed by atoms with Crippen LogP contribution in [-0.2, 0) is 61.1 Å². The Morgan fingerprint density at radius 2 is 1.02 bits per heavy atom. The molecule has 2 unspecified atom stereocenters. The van der Waals surface area contributed by atoms with Crippen molar-refractivity contribution in [3.8, 4) is 0 Å². The second-order valence-corrected chi connectivity index (χ2v) is 9.22. The molecule has 2 atom stereocenters. The van der Waals surface area contributed by atoms with Crippen LogP contribution >= 0.6 is 0 Å². The first-order chi connectivity index (χ1) is 20.3. The van der Waals surface area contributed by atoms with Gasteiger partial charge < -0.3 is 18.9 Å². The molecule has 2 fully saturated rings. The van der Waals surface area contributed by atoms with Crippen molar-refractivity contribution in [3.05, 3.63) is 71.8 Å². The van der Waals surface area contributed by atoms with E-state index in [9.17, 15) is 28.8 Å². The standard InChI is InChI=1S/C28H28N2O12/c31-23(13-11-21-25(33)39-17-29(21)27(35)37-15-19-7-3-1-4-8-19)41-42-24(32)14-12-22-26(34)40-18-30(22)28(36)38-16-20-9-5-2-6-10-20/h1-10,21-22H,11-18H2. The average molecular weight is 585 g/mol. The zero-order chi connectivity index (χ0) is 29.9. The summed E-state index contributed by atoms with van der Waals surface area (Å²) >= 11 is 0. The first-order valence-corrected chi connectivity index (χ1v) is 13.0. The molecule has 2 saturated heterocycles. The Labute approximate surface area is 239 Å². The maximum absolute atomic E-state index is 12.4. The lowest BCUT2D eigenvalue weighted by molar-refractivity contribution is -0.259. The van der Waals surface area contributed by atoms with E-state index in [1.165, 1.54) is 0 Å². The summed E-state index contributed by atoms with van der Waals surface area (Å²) in [6.07, 6.45) is -2.68. The molecule has 2 aromatic carbocycles. The Morgan fingerprint density at radius 3 is 1.40 bits per heavy atom. The molecule has 14 nitrogen and oxygen atoms in total. The highest BCUT2D eigenvalue weighted by atomic mass is 17.2. The Hall–Kier alpha value is -5.14. The van der Waals surface area contributed by atoms with Crippen molar-refractivity contribution in [2.24, 2.45) is 0 Å². The molecule has 2 heterocycles. The molecular weight excluding hydrogens is 556 g/mol. The third kappa shape index (κ3) is 8.19. The summed E-state index contributed by atoms with van der Waals surface area (Å²) in [5.74, 6) is -3.39. The topological polar surface area (TPSA) is 164 Å². The van der Waals surface area contributed by atoms with Gasteiger partial charge in [-0.25, -0.2) is 38.5 Å². The highest BCUT2D eigenvalue weighted by molar-refractivity contribution is 5.85. The van der Waals surface area contributed by atoms with E-state index in [2.05, 4.69) is 9.78 Å². The zero-order valence-corrected chi connectivity index (χ0v) is 22.4. The van der Waals surface area contributed by atoms with Crippen molar-refractivity contribution in [2.45, 2.75) is 51.0 Å². The molecule has 0 saturated carbocycles. The number of carbonyl (C=O) groups excluding carboxylic acids is 6. The van der Waals surface area contributed by atoms with Gasteiger partial charge in [0.2, 0.25) is 0 Å². The third-order valence-electron chi connectivity index (χ3n) is 6.34. The minimum atomic E-state index is -1.09. The van der Waals surface area contributed by atoms with Gasteiger partial charge in [0.15, 0.2) is 13.5 Å². The second kappa shape index (κ2) is 14.5. The van der Waals surface area contributed by atoms with Crippen LogP contribution in [0.2, 0.25) is 0 Å². The van der Waals surface area contributed by atoms with Gasteiger partial charge in [-0.3, -0.25) is 9.80 Å². The summed E-state index contributed by atoms with van der Waals surface area (Å²) in [4.78, 5) is 84.3. The quantitative estimate of drug-likeness (QED) is 0.174. The van der Waals surface area contributed by atoms with Crippen LogP contribution in [-0.4, -0.2) is 71.4 Å². The second-order valence-electron chi connectivity index (χ2n) is 9.22. The number of ether oxygens (including phenoxy) is 4. The number of benzene rings is 2. The first-order valence-electron chi connectivity index (χ1n) is 13.0. The summed E-state index contributed by atoms with van der Waals surface area (Å²) in [6.45, 7) is -0.691. The maximum Gasteiger partial charge on any atom is 0.413 e. The number of nitrogens with zero attached hydrogens (tertiary/aromatic N) is 2. The number of esters is 2. The first kappa shape index (κ1) is 29.8. The summed E-state index contributed by atoms with van der Waals surface area (Å²) in [7, 11) is 0. The number of hydrogen-bond acceptors (Lipinski definition) is 12. The van der Waals surface area contributed by atoms with E-state index < -0.39 is 48.1 Å². The fraction of sp³-hybridized carbons (Fsp3) is 0.357. The van der Waals surface area contributed by atoms with E-state index in [0.29, 0.717) is 0 Å². The van der Waals surface area contributed by atoms with E-state index >= 15 is 0 Å². The predicted octanol–water partition coefficient (Wildman–Crippen LogP) is 2.59. The molecule has 2 aliphatic rings. The van der Waals surface area contributed by atoms with E-state index in [1.54, 1.807) is 48.5 Å². The highest BCUT2D eigenvalue weighted by Crippen LogP contribution is 2.20. The molecule has 0 aliphatic carbocycles. The lowest BCUT2D eigenvalue weighted by Crippen LogP contribution is -2.39. The molecular formula is C28H28N2O12. The molecule has 0 bridgehead atoms. The number of carbonyl (C=O) groups is 6. The van der Waals surface area contributed by atoms with E-state index in [0.717, 1.165) is 20.9 Å². The lowest BCUT2D eigenvalue weighted by atomic mass is 10.1. The fourth-order valence-corrected chi connectivity index (χ4v) is 4.09. The molecule has 42 heavy (non-hydrogen) atoms. The van der Waals surface area contributed by atoms with Crippen molar-refractivity contribution >= 4 is 36.1 Å². The van der Waals surface area contributed by atoms with Crippen molar-refractivity contribution in [2.75, 3.05) is 13.5 Å². The molecule has 2 aromatic rings. The number of hydrogen-bond donors (Lipinski definition) is 0. The van der Waals surface area contributed by atoms with Crippen LogP contribution in [0.25, 0.3) is 0 Å². The molecule has 2 amide bonds. The van der Waals surface area contributed by atoms with Crippen molar-refractivity contribution < 1.29 is 57.5 Å². The van der Waals surface area contributed by atoms with Gasteiger partial charge in [0.1, 0.15) is 25.3 Å². The van der Waals surface area contributed by atoms with Crippen LogP contribution in [0.5, 0.6) is 0 Å². The van der Waals surface area contributed by atoms with Gasteiger partial charge in [0, 0.05) is 0 Å². The number of cyclic esters (lactones) is 2. The summed E-state index contributed by atoms with van der Waals surface area (Å²) < 4.78 is 20.2. The minimum absolute atomic E-state index is 0.0136. The monoisotopic (exact) mass is 584 g/mol. The molecule has 4 rings (SSSR count). The van der Waals surface area contributed by atoms with Gasteiger partial charge in [-0.05, 0) is 24.0 Å². The van der Waals surface area contributed by atoms with Crippen LogP contribution in [0.15, 0.2) is 60.7 Å². The molecule has 0 N–H and O–H groups in total. The largest absolute Gasteiger partial charge is 0.444 e. The summed E-state index contributed by atoms with van der Waals surface area (Å²) in [6, 6.07) is 15.7. The van der Waals surface area contributed by atoms with Gasteiger partial charge in [-0.1, -0.05) is 60.7 Å². The molecule has 0 radical (unpaired) electrons. The fourth-order valence-electron chi connectivity index (χ4n) is 4.09. The van der Waals surface area contributed by atoms with Gasteiger partial charge >= 0.3 is 36.1 Å². The summed E-state index contributed by atoms with van der Waals surface area (Å²) in [5, 5.41) is 0. The Bertz CT molecular complexity index is 1190. The average Bonchev–Trinajstić information content (AvgIpc) is 3.57. The van der Waals surface area contributed by atoms with Crippen LogP contribution in [0, 0.1) is 0 Å². The molecule has 0 aromatic heterocycles. The smallest absolute Gasteiger partial charge is 0.413 e. The van der Waals surface area contributed by atoms with E-state index in [1.807, 2.05) is 12.1 Å². The van der Waals surface area contributed by atoms with Crippen LogP contribution in [0.3, 0.4) is 0 Å². The number of rotatable bonds is 10. The molecule has 2 aliphatic heterocycles. The third-order valence-corrected chi connectivity index (χ3v) is 6.34. The van der Waals surface area contributed by atoms with Crippen LogP contribution < -0.4 is 0 Å². The van der Waals surface area contributed by atoms with Gasteiger partial charge in [0.05, 0.1) is 12.8 Å². The van der Waals surface area contributed by atoms with Crippen molar-refractivity contribution in [3.63, 3.8) is 0 Å². The Morgan fingerprint density at radius 1 is 0.643 bits per heavy atom. The predicted molar refractivity (Wildman–Crippen MR) is 137 cm³/mol.